The molecular weight excluding hydrogens is 422 g/mol. The number of amides is 2. The van der Waals surface area contributed by atoms with Crippen molar-refractivity contribution in [3.8, 4) is 0 Å². The van der Waals surface area contributed by atoms with Crippen molar-refractivity contribution in [1.82, 2.24) is 10.2 Å². The van der Waals surface area contributed by atoms with E-state index in [4.69, 9.17) is 5.73 Å². The average molecular weight is 456 g/mol. The fourth-order valence-electron chi connectivity index (χ4n) is 3.78. The predicted octanol–water partition coefficient (Wildman–Crippen LogP) is 4.53. The first-order chi connectivity index (χ1) is 16.5. The largest absolute Gasteiger partial charge is 0.368 e. The minimum atomic E-state index is -0.787. The van der Waals surface area contributed by atoms with Crippen LogP contribution in [-0.4, -0.2) is 35.8 Å². The van der Waals surface area contributed by atoms with Crippen molar-refractivity contribution in [2.75, 3.05) is 13.1 Å². The van der Waals surface area contributed by atoms with Crippen LogP contribution in [0.2, 0.25) is 0 Å². The summed E-state index contributed by atoms with van der Waals surface area (Å²) in [6.07, 6.45) is 4.26. The smallest absolute Gasteiger partial charge is 0.252 e. The summed E-state index contributed by atoms with van der Waals surface area (Å²) in [5, 5.41) is 2.80. The molecule has 0 aromatic heterocycles. The van der Waals surface area contributed by atoms with E-state index in [1.165, 1.54) is 5.56 Å². The predicted molar refractivity (Wildman–Crippen MR) is 139 cm³/mol. The van der Waals surface area contributed by atoms with E-state index in [0.29, 0.717) is 12.0 Å². The third-order valence-electron chi connectivity index (χ3n) is 5.87. The summed E-state index contributed by atoms with van der Waals surface area (Å²) in [4.78, 5) is 27.4. The van der Waals surface area contributed by atoms with Crippen LogP contribution in [0.5, 0.6) is 0 Å². The van der Waals surface area contributed by atoms with Crippen molar-refractivity contribution >= 4 is 24.0 Å². The monoisotopic (exact) mass is 455 g/mol. The van der Waals surface area contributed by atoms with Crippen molar-refractivity contribution in [2.45, 2.75) is 32.9 Å². The van der Waals surface area contributed by atoms with E-state index in [-0.39, 0.29) is 5.91 Å². The SMILES string of the molecule is CCN(CC)Cc1ccc(/C=C/c2ccccc2C(=O)NC(Cc2ccccc2)C(N)=O)cc1. The lowest BCUT2D eigenvalue weighted by molar-refractivity contribution is -0.119. The van der Waals surface area contributed by atoms with E-state index < -0.39 is 11.9 Å². The van der Waals surface area contributed by atoms with Gasteiger partial charge in [-0.25, -0.2) is 0 Å². The Balaban J connectivity index is 1.71. The van der Waals surface area contributed by atoms with Crippen LogP contribution in [0, 0.1) is 0 Å². The zero-order valence-corrected chi connectivity index (χ0v) is 19.9. The zero-order chi connectivity index (χ0) is 24.3. The number of hydrogen-bond acceptors (Lipinski definition) is 3. The first-order valence-corrected chi connectivity index (χ1v) is 11.7. The van der Waals surface area contributed by atoms with Crippen LogP contribution in [0.15, 0.2) is 78.9 Å². The summed E-state index contributed by atoms with van der Waals surface area (Å²) in [5.41, 5.74) is 10.1. The molecule has 0 aliphatic carbocycles. The third-order valence-corrected chi connectivity index (χ3v) is 5.87. The molecule has 0 bridgehead atoms. The van der Waals surface area contributed by atoms with E-state index in [1.54, 1.807) is 6.07 Å². The Bertz CT molecular complexity index is 1100. The van der Waals surface area contributed by atoms with Gasteiger partial charge in [-0.2, -0.15) is 0 Å². The van der Waals surface area contributed by atoms with Crippen molar-refractivity contribution in [3.05, 3.63) is 107 Å². The maximum absolute atomic E-state index is 13.0. The van der Waals surface area contributed by atoms with Crippen LogP contribution in [0.3, 0.4) is 0 Å². The molecular formula is C29H33N3O2. The van der Waals surface area contributed by atoms with Gasteiger partial charge in [-0.3, -0.25) is 14.5 Å². The lowest BCUT2D eigenvalue weighted by Crippen LogP contribution is -2.46. The van der Waals surface area contributed by atoms with E-state index in [0.717, 1.165) is 36.3 Å². The normalized spacial score (nSPS) is 12.1. The van der Waals surface area contributed by atoms with Crippen LogP contribution in [0.25, 0.3) is 12.2 Å². The number of carbonyl (C=O) groups excluding carboxylic acids is 2. The topological polar surface area (TPSA) is 75.4 Å². The Kier molecular flexibility index (Phi) is 9.18. The molecule has 5 nitrogen and oxygen atoms in total. The number of rotatable bonds is 11. The molecule has 3 aromatic carbocycles. The summed E-state index contributed by atoms with van der Waals surface area (Å²) in [6.45, 7) is 7.32. The number of nitrogens with one attached hydrogen (secondary N) is 1. The minimum absolute atomic E-state index is 0.324. The molecule has 176 valence electrons. The molecule has 0 spiro atoms. The fraction of sp³-hybridized carbons (Fsp3) is 0.241. The van der Waals surface area contributed by atoms with Crippen LogP contribution < -0.4 is 11.1 Å². The number of nitrogens with zero attached hydrogens (tertiary/aromatic N) is 1. The van der Waals surface area contributed by atoms with E-state index in [2.05, 4.69) is 48.3 Å². The van der Waals surface area contributed by atoms with Gasteiger partial charge in [-0.15, -0.1) is 0 Å². The second-order valence-electron chi connectivity index (χ2n) is 8.24. The Morgan fingerprint density at radius 1 is 0.853 bits per heavy atom. The third kappa shape index (κ3) is 7.15. The summed E-state index contributed by atoms with van der Waals surface area (Å²) in [5.74, 6) is -0.885. The van der Waals surface area contributed by atoms with Gasteiger partial charge in [0.15, 0.2) is 0 Å². The molecule has 0 fully saturated rings. The molecule has 0 saturated carbocycles. The van der Waals surface area contributed by atoms with Gasteiger partial charge >= 0.3 is 0 Å². The molecule has 0 aliphatic rings. The molecule has 3 N–H and O–H groups in total. The van der Waals surface area contributed by atoms with Gasteiger partial charge in [-0.1, -0.05) is 98.8 Å². The molecule has 2 amide bonds. The summed E-state index contributed by atoms with van der Waals surface area (Å²) in [7, 11) is 0. The Hall–Kier alpha value is -3.70. The molecule has 1 atom stereocenters. The summed E-state index contributed by atoms with van der Waals surface area (Å²) < 4.78 is 0. The van der Waals surface area contributed by atoms with Crippen molar-refractivity contribution in [3.63, 3.8) is 0 Å². The van der Waals surface area contributed by atoms with Gasteiger partial charge in [0.25, 0.3) is 5.91 Å². The van der Waals surface area contributed by atoms with Crippen LogP contribution >= 0.6 is 0 Å². The number of hydrogen-bond donors (Lipinski definition) is 2. The molecule has 0 heterocycles. The molecule has 3 rings (SSSR count). The van der Waals surface area contributed by atoms with Crippen molar-refractivity contribution < 1.29 is 9.59 Å². The fourth-order valence-corrected chi connectivity index (χ4v) is 3.78. The average Bonchev–Trinajstić information content (AvgIpc) is 2.87. The maximum atomic E-state index is 13.0. The quantitative estimate of drug-likeness (QED) is 0.417. The van der Waals surface area contributed by atoms with E-state index in [1.807, 2.05) is 60.7 Å². The summed E-state index contributed by atoms with van der Waals surface area (Å²) in [6, 6.07) is 24.5. The highest BCUT2D eigenvalue weighted by Crippen LogP contribution is 2.15. The lowest BCUT2D eigenvalue weighted by atomic mass is 10.0. The maximum Gasteiger partial charge on any atom is 0.252 e. The lowest BCUT2D eigenvalue weighted by Gasteiger charge is -2.17. The number of nitrogens with two attached hydrogens (primary N) is 1. The second kappa shape index (κ2) is 12.5. The standard InChI is InChI=1S/C29H33N3O2/c1-3-32(4-2)21-24-16-14-22(15-17-24)18-19-25-12-8-9-13-26(25)29(34)31-27(28(30)33)20-23-10-6-5-7-11-23/h5-19,27H,3-4,20-21H2,1-2H3,(H2,30,33)(H,31,34)/b19-18+. The van der Waals surface area contributed by atoms with Gasteiger partial charge in [-0.05, 0) is 41.4 Å². The Labute approximate surface area is 202 Å². The van der Waals surface area contributed by atoms with Gasteiger partial charge in [0.05, 0.1) is 0 Å². The number of benzene rings is 3. The highest BCUT2D eigenvalue weighted by atomic mass is 16.2. The molecule has 34 heavy (non-hydrogen) atoms. The number of primary amides is 1. The van der Waals surface area contributed by atoms with E-state index >= 15 is 0 Å². The van der Waals surface area contributed by atoms with Crippen LogP contribution in [0.4, 0.5) is 0 Å². The molecule has 0 saturated heterocycles. The summed E-state index contributed by atoms with van der Waals surface area (Å²) >= 11 is 0. The number of carbonyl (C=O) groups is 2. The first-order valence-electron chi connectivity index (χ1n) is 11.7. The van der Waals surface area contributed by atoms with Crippen molar-refractivity contribution in [2.24, 2.45) is 5.73 Å². The second-order valence-corrected chi connectivity index (χ2v) is 8.24. The zero-order valence-electron chi connectivity index (χ0n) is 19.9. The molecule has 3 aromatic rings. The van der Waals surface area contributed by atoms with Gasteiger partial charge in [0, 0.05) is 18.5 Å². The van der Waals surface area contributed by atoms with Crippen molar-refractivity contribution in [1.29, 1.82) is 0 Å². The minimum Gasteiger partial charge on any atom is -0.368 e. The van der Waals surface area contributed by atoms with Gasteiger partial charge in [0.2, 0.25) is 5.91 Å². The first kappa shape index (κ1) is 24.9. The Morgan fingerprint density at radius 2 is 1.50 bits per heavy atom. The van der Waals surface area contributed by atoms with E-state index in [9.17, 15) is 9.59 Å². The highest BCUT2D eigenvalue weighted by Gasteiger charge is 2.20. The Morgan fingerprint density at radius 3 is 2.15 bits per heavy atom. The molecule has 0 radical (unpaired) electrons. The van der Waals surface area contributed by atoms with Crippen LogP contribution in [0.1, 0.15) is 46.5 Å². The van der Waals surface area contributed by atoms with Gasteiger partial charge in [0.1, 0.15) is 6.04 Å². The molecule has 5 heteroatoms. The molecule has 1 unspecified atom stereocenters. The van der Waals surface area contributed by atoms with Crippen LogP contribution in [-0.2, 0) is 17.8 Å². The highest BCUT2D eigenvalue weighted by molar-refractivity contribution is 6.00. The molecule has 0 aliphatic heterocycles. The van der Waals surface area contributed by atoms with Gasteiger partial charge < -0.3 is 11.1 Å².